The van der Waals surface area contributed by atoms with Gasteiger partial charge in [0.2, 0.25) is 6.10 Å². The molecule has 0 aliphatic carbocycles. The number of aliphatic hydroxyl groups is 1. The summed E-state index contributed by atoms with van der Waals surface area (Å²) in [6.07, 6.45) is -6.68. The highest BCUT2D eigenvalue weighted by Gasteiger charge is 2.58. The molecule has 0 aromatic rings. The smallest absolute Gasteiger partial charge is 0.303 e. The minimum Gasteiger partial charge on any atom is -0.463 e. The van der Waals surface area contributed by atoms with Crippen LogP contribution >= 0.6 is 15.9 Å². The molecule has 1 heterocycles. The van der Waals surface area contributed by atoms with Gasteiger partial charge in [0.1, 0.15) is 12.7 Å². The van der Waals surface area contributed by atoms with Crippen molar-refractivity contribution in [3.63, 3.8) is 0 Å². The summed E-state index contributed by atoms with van der Waals surface area (Å²) in [6, 6.07) is 0. The number of alkyl halides is 1. The molecule has 0 amide bonds. The molecule has 0 saturated carbocycles. The Morgan fingerprint density at radius 3 is 2.08 bits per heavy atom. The van der Waals surface area contributed by atoms with Crippen LogP contribution in [0.5, 0.6) is 0 Å². The number of carbonyl (C=O) groups excluding carboxylic acids is 4. The molecule has 25 heavy (non-hydrogen) atoms. The summed E-state index contributed by atoms with van der Waals surface area (Å²) in [4.78, 5) is 46.2. The highest BCUT2D eigenvalue weighted by Crippen LogP contribution is 2.38. The van der Waals surface area contributed by atoms with Crippen molar-refractivity contribution in [1.29, 1.82) is 0 Å². The first-order valence-electron chi connectivity index (χ1n) is 9.42. The number of halogens is 1. The van der Waals surface area contributed by atoms with Crippen LogP contribution in [0.3, 0.4) is 0 Å². The third-order valence-corrected chi connectivity index (χ3v) is 3.50. The summed E-state index contributed by atoms with van der Waals surface area (Å²) < 4.78 is 50.5. The largest absolute Gasteiger partial charge is 0.463 e. The van der Waals surface area contributed by atoms with E-state index in [1.165, 1.54) is 0 Å². The van der Waals surface area contributed by atoms with Crippen LogP contribution < -0.4 is 0 Å². The van der Waals surface area contributed by atoms with Gasteiger partial charge in [0.05, 0.1) is 0 Å². The van der Waals surface area contributed by atoms with E-state index in [9.17, 15) is 24.3 Å². The summed E-state index contributed by atoms with van der Waals surface area (Å²) >= 11 is 2.75. The van der Waals surface area contributed by atoms with Gasteiger partial charge in [0.25, 0.3) is 4.70 Å². The topological polar surface area (TPSA) is 135 Å². The Labute approximate surface area is 157 Å². The van der Waals surface area contributed by atoms with Crippen molar-refractivity contribution in [2.75, 3.05) is 6.61 Å². The minimum atomic E-state index is -2.52. The van der Waals surface area contributed by atoms with E-state index in [2.05, 4.69) is 15.9 Å². The molecule has 0 aromatic carbocycles. The fraction of sp³-hybridized carbons (Fsp3) is 0.714. The van der Waals surface area contributed by atoms with Crippen molar-refractivity contribution in [1.82, 2.24) is 0 Å². The molecule has 11 heteroatoms. The Morgan fingerprint density at radius 1 is 1.00 bits per heavy atom. The van der Waals surface area contributed by atoms with Crippen molar-refractivity contribution < 1.29 is 53.5 Å². The van der Waals surface area contributed by atoms with Crippen LogP contribution in [-0.4, -0.2) is 64.7 Å². The molecule has 5 atom stereocenters. The molecular weight excluding hydrogens is 408 g/mol. The predicted molar refractivity (Wildman–Crippen MR) is 82.0 cm³/mol. The van der Waals surface area contributed by atoms with E-state index in [-0.39, 0.29) is 0 Å². The Morgan fingerprint density at radius 2 is 1.52 bits per heavy atom. The van der Waals surface area contributed by atoms with Gasteiger partial charge in [-0.05, 0) is 15.9 Å². The standard InChI is InChI=1S/C14H19BrO10/c1-6(16)21-5-10-11(22-7(2)17)12(23-8(3)18)13(24-9(4)19)14(15,20)25-10/h10-13,20H,5H2,1-4H3/t10-,11+,12+,13-,14?/m1/s1/i1D,2D,3D,4D. The first-order chi connectivity index (χ1) is 13.6. The Balaban J connectivity index is 3.30. The quantitative estimate of drug-likeness (QED) is 0.354. The zero-order chi connectivity index (χ0) is 22.2. The van der Waals surface area contributed by atoms with Crippen LogP contribution in [0.2, 0.25) is 0 Å². The van der Waals surface area contributed by atoms with Gasteiger partial charge in [0.15, 0.2) is 12.2 Å². The van der Waals surface area contributed by atoms with Gasteiger partial charge >= 0.3 is 23.9 Å². The summed E-state index contributed by atoms with van der Waals surface area (Å²) in [6.45, 7) is -3.96. The summed E-state index contributed by atoms with van der Waals surface area (Å²) in [5.41, 5.74) is 0. The van der Waals surface area contributed by atoms with Crippen LogP contribution in [0.25, 0.3) is 0 Å². The van der Waals surface area contributed by atoms with Gasteiger partial charge in [-0.15, -0.1) is 0 Å². The Kier molecular flexibility index (Phi) is 5.33. The molecular formula is C14H19BrO10. The summed E-state index contributed by atoms with van der Waals surface area (Å²) in [5.74, 6) is -4.36. The summed E-state index contributed by atoms with van der Waals surface area (Å²) in [7, 11) is 0. The average molecular weight is 431 g/mol. The van der Waals surface area contributed by atoms with Crippen molar-refractivity contribution in [2.45, 2.75) is 56.7 Å². The molecule has 1 fully saturated rings. The lowest BCUT2D eigenvalue weighted by atomic mass is 9.98. The summed E-state index contributed by atoms with van der Waals surface area (Å²) in [5, 5.41) is 10.5. The Hall–Kier alpha value is -1.72. The highest BCUT2D eigenvalue weighted by molar-refractivity contribution is 9.10. The molecule has 1 rings (SSSR count). The zero-order valence-corrected chi connectivity index (χ0v) is 14.4. The lowest BCUT2D eigenvalue weighted by Gasteiger charge is -2.46. The van der Waals surface area contributed by atoms with Crippen LogP contribution in [0.15, 0.2) is 0 Å². The maximum Gasteiger partial charge on any atom is 0.303 e. The van der Waals surface area contributed by atoms with Crippen LogP contribution in [-0.2, 0) is 42.9 Å². The van der Waals surface area contributed by atoms with Gasteiger partial charge in [-0.2, -0.15) is 0 Å². The number of ether oxygens (including phenoxy) is 5. The first-order valence-corrected chi connectivity index (χ1v) is 7.39. The molecule has 142 valence electrons. The first kappa shape index (κ1) is 15.5. The molecule has 1 aliphatic heterocycles. The van der Waals surface area contributed by atoms with Crippen molar-refractivity contribution in [2.24, 2.45) is 0 Å². The fourth-order valence-electron chi connectivity index (χ4n) is 2.09. The number of carbonyl (C=O) groups is 4. The van der Waals surface area contributed by atoms with E-state index in [0.29, 0.717) is 0 Å². The molecule has 0 spiro atoms. The van der Waals surface area contributed by atoms with Crippen molar-refractivity contribution in [3.05, 3.63) is 0 Å². The molecule has 0 aromatic heterocycles. The number of hydrogen-bond acceptors (Lipinski definition) is 10. The number of rotatable bonds is 5. The third kappa shape index (κ3) is 6.25. The third-order valence-electron chi connectivity index (χ3n) is 2.86. The lowest BCUT2D eigenvalue weighted by molar-refractivity contribution is -0.309. The normalized spacial score (nSPS) is 33.7. The predicted octanol–water partition coefficient (Wildman–Crippen LogP) is -0.216. The SMILES string of the molecule is [2H]CC(=O)OC[C@H]1OC(O)(Br)[C@H](OC(=O)C[2H])[C@@H](OC(=O)C[2H])[C@H]1OC(=O)C[2H]. The maximum absolute atomic E-state index is 11.7. The van der Waals surface area contributed by atoms with E-state index in [1.807, 2.05) is 0 Å². The second-order valence-electron chi connectivity index (χ2n) is 4.77. The zero-order valence-electron chi connectivity index (χ0n) is 16.8. The van der Waals surface area contributed by atoms with Gasteiger partial charge in [-0.1, -0.05) is 0 Å². The van der Waals surface area contributed by atoms with Crippen LogP contribution in [0.1, 0.15) is 33.1 Å². The van der Waals surface area contributed by atoms with Gasteiger partial charge < -0.3 is 28.8 Å². The van der Waals surface area contributed by atoms with E-state index in [1.54, 1.807) is 0 Å². The molecule has 1 unspecified atom stereocenters. The molecule has 0 radical (unpaired) electrons. The van der Waals surface area contributed by atoms with Crippen molar-refractivity contribution in [3.8, 4) is 0 Å². The molecule has 1 saturated heterocycles. The van der Waals surface area contributed by atoms with Gasteiger partial charge in [0, 0.05) is 33.1 Å². The van der Waals surface area contributed by atoms with E-state index in [0.717, 1.165) is 0 Å². The van der Waals surface area contributed by atoms with Gasteiger partial charge in [-0.3, -0.25) is 19.2 Å². The van der Waals surface area contributed by atoms with Gasteiger partial charge in [-0.25, -0.2) is 0 Å². The molecule has 0 bridgehead atoms. The molecule has 10 nitrogen and oxygen atoms in total. The average Bonchev–Trinajstić information content (AvgIpc) is 2.69. The number of esters is 4. The monoisotopic (exact) mass is 430 g/mol. The molecule has 1 aliphatic rings. The molecule has 1 N–H and O–H groups in total. The minimum absolute atomic E-state index is 0.657. The van der Waals surface area contributed by atoms with E-state index in [4.69, 9.17) is 29.2 Å². The fourth-order valence-corrected chi connectivity index (χ4v) is 2.69. The number of hydrogen-bond donors (Lipinski definition) is 1. The van der Waals surface area contributed by atoms with E-state index >= 15 is 0 Å². The van der Waals surface area contributed by atoms with Crippen LogP contribution in [0, 0.1) is 0 Å². The second-order valence-corrected chi connectivity index (χ2v) is 5.90. The van der Waals surface area contributed by atoms with Crippen molar-refractivity contribution >= 4 is 39.8 Å². The Bertz CT molecular complexity index is 619. The lowest BCUT2D eigenvalue weighted by Crippen LogP contribution is -2.66. The second kappa shape index (κ2) is 8.59. The maximum atomic E-state index is 11.7. The van der Waals surface area contributed by atoms with Crippen LogP contribution in [0.4, 0.5) is 0 Å². The highest BCUT2D eigenvalue weighted by atomic mass is 79.9. The van der Waals surface area contributed by atoms with E-state index < -0.39 is 87.2 Å².